The summed E-state index contributed by atoms with van der Waals surface area (Å²) in [5.41, 5.74) is 6.45. The molecule has 2 rings (SSSR count). The molecule has 1 heterocycles. The molecule has 0 saturated heterocycles. The number of carbonyl (C=O) groups is 2. The lowest BCUT2D eigenvalue weighted by atomic mass is 10.0. The van der Waals surface area contributed by atoms with Crippen LogP contribution in [0.25, 0.3) is 0 Å². The molecule has 1 aromatic heterocycles. The van der Waals surface area contributed by atoms with Crippen LogP contribution in [-0.2, 0) is 4.79 Å². The van der Waals surface area contributed by atoms with Crippen molar-refractivity contribution in [1.29, 1.82) is 0 Å². The molecule has 2 amide bonds. The lowest BCUT2D eigenvalue weighted by Crippen LogP contribution is -2.39. The second-order valence-corrected chi connectivity index (χ2v) is 5.20. The summed E-state index contributed by atoms with van der Waals surface area (Å²) in [5, 5.41) is 0. The van der Waals surface area contributed by atoms with Crippen LogP contribution in [0.2, 0.25) is 0 Å². The van der Waals surface area contributed by atoms with E-state index in [1.807, 2.05) is 6.07 Å². The molecular formula is C14H13BrN2O3. The highest BCUT2D eigenvalue weighted by Crippen LogP contribution is 2.24. The highest BCUT2D eigenvalue weighted by Gasteiger charge is 2.27. The number of benzene rings is 1. The van der Waals surface area contributed by atoms with E-state index in [0.29, 0.717) is 11.1 Å². The van der Waals surface area contributed by atoms with Gasteiger partial charge in [-0.15, -0.1) is 0 Å². The van der Waals surface area contributed by atoms with Crippen molar-refractivity contribution in [3.05, 3.63) is 58.5 Å². The van der Waals surface area contributed by atoms with Crippen molar-refractivity contribution in [2.75, 3.05) is 7.05 Å². The number of primary amides is 1. The van der Waals surface area contributed by atoms with Crippen molar-refractivity contribution < 1.29 is 14.0 Å². The molecule has 0 radical (unpaired) electrons. The van der Waals surface area contributed by atoms with Gasteiger partial charge in [-0.3, -0.25) is 9.59 Å². The van der Waals surface area contributed by atoms with E-state index in [9.17, 15) is 9.59 Å². The molecule has 0 aliphatic heterocycles. The van der Waals surface area contributed by atoms with Gasteiger partial charge in [-0.1, -0.05) is 28.1 Å². The van der Waals surface area contributed by atoms with E-state index < -0.39 is 11.9 Å². The van der Waals surface area contributed by atoms with Gasteiger partial charge in [0.25, 0.3) is 5.91 Å². The minimum atomic E-state index is -0.838. The van der Waals surface area contributed by atoms with E-state index >= 15 is 0 Å². The van der Waals surface area contributed by atoms with Crippen LogP contribution in [0.3, 0.4) is 0 Å². The van der Waals surface area contributed by atoms with Crippen molar-refractivity contribution >= 4 is 27.7 Å². The Morgan fingerprint density at radius 3 is 2.65 bits per heavy atom. The maximum absolute atomic E-state index is 12.3. The van der Waals surface area contributed by atoms with Gasteiger partial charge in [0.15, 0.2) is 0 Å². The van der Waals surface area contributed by atoms with Crippen molar-refractivity contribution in [3.8, 4) is 0 Å². The average Bonchev–Trinajstić information content (AvgIpc) is 2.91. The number of likely N-dealkylation sites (N-methyl/N-ethyl adjacent to an activating group) is 1. The molecule has 0 aliphatic carbocycles. The van der Waals surface area contributed by atoms with E-state index in [1.165, 1.54) is 30.5 Å². The Morgan fingerprint density at radius 1 is 1.35 bits per heavy atom. The first-order valence-corrected chi connectivity index (χ1v) is 6.64. The minimum absolute atomic E-state index is 0.331. The quantitative estimate of drug-likeness (QED) is 0.930. The summed E-state index contributed by atoms with van der Waals surface area (Å²) < 4.78 is 5.69. The largest absolute Gasteiger partial charge is 0.472 e. The van der Waals surface area contributed by atoms with Crippen molar-refractivity contribution in [1.82, 2.24) is 4.90 Å². The van der Waals surface area contributed by atoms with Gasteiger partial charge in [-0.05, 0) is 23.8 Å². The molecule has 6 heteroatoms. The molecule has 1 aromatic carbocycles. The van der Waals surface area contributed by atoms with Crippen LogP contribution in [0.4, 0.5) is 0 Å². The van der Waals surface area contributed by atoms with E-state index in [4.69, 9.17) is 10.2 Å². The smallest absolute Gasteiger partial charge is 0.257 e. The Morgan fingerprint density at radius 2 is 2.10 bits per heavy atom. The molecule has 1 atom stereocenters. The Balaban J connectivity index is 2.34. The minimum Gasteiger partial charge on any atom is -0.472 e. The Bertz CT molecular complexity index is 625. The number of hydrogen-bond donors (Lipinski definition) is 1. The Labute approximate surface area is 124 Å². The molecule has 104 valence electrons. The fourth-order valence-electron chi connectivity index (χ4n) is 1.96. The monoisotopic (exact) mass is 336 g/mol. The molecule has 0 saturated carbocycles. The van der Waals surface area contributed by atoms with E-state index in [-0.39, 0.29) is 5.91 Å². The number of amides is 2. The third-order valence-corrected chi connectivity index (χ3v) is 3.40. The number of halogens is 1. The maximum Gasteiger partial charge on any atom is 0.257 e. The summed E-state index contributed by atoms with van der Waals surface area (Å²) in [5.74, 6) is -0.926. The molecule has 0 spiro atoms. The summed E-state index contributed by atoms with van der Waals surface area (Å²) in [6.45, 7) is 0. The van der Waals surface area contributed by atoms with Gasteiger partial charge in [0, 0.05) is 11.5 Å². The van der Waals surface area contributed by atoms with Crippen molar-refractivity contribution in [2.45, 2.75) is 6.04 Å². The van der Waals surface area contributed by atoms with Crippen molar-refractivity contribution in [3.63, 3.8) is 0 Å². The van der Waals surface area contributed by atoms with Crippen LogP contribution in [0, 0.1) is 0 Å². The number of rotatable bonds is 4. The zero-order valence-corrected chi connectivity index (χ0v) is 12.3. The summed E-state index contributed by atoms with van der Waals surface area (Å²) in [6, 6.07) is 7.83. The number of nitrogens with zero attached hydrogens (tertiary/aromatic N) is 1. The fourth-order valence-corrected chi connectivity index (χ4v) is 2.38. The number of carbonyl (C=O) groups excluding carboxylic acids is 2. The van der Waals surface area contributed by atoms with Gasteiger partial charge < -0.3 is 15.1 Å². The molecule has 2 aromatic rings. The van der Waals surface area contributed by atoms with Gasteiger partial charge >= 0.3 is 0 Å². The third-order valence-electron chi connectivity index (χ3n) is 2.91. The van der Waals surface area contributed by atoms with Gasteiger partial charge in [-0.25, -0.2) is 0 Å². The van der Waals surface area contributed by atoms with E-state index in [0.717, 1.165) is 4.47 Å². The Hall–Kier alpha value is -2.08. The zero-order valence-electron chi connectivity index (χ0n) is 10.7. The predicted molar refractivity (Wildman–Crippen MR) is 76.9 cm³/mol. The van der Waals surface area contributed by atoms with Gasteiger partial charge in [-0.2, -0.15) is 0 Å². The molecule has 0 fully saturated rings. The van der Waals surface area contributed by atoms with Crippen LogP contribution < -0.4 is 5.73 Å². The molecule has 0 unspecified atom stereocenters. The highest BCUT2D eigenvalue weighted by molar-refractivity contribution is 9.10. The summed E-state index contributed by atoms with van der Waals surface area (Å²) in [4.78, 5) is 25.3. The van der Waals surface area contributed by atoms with Crippen LogP contribution in [-0.4, -0.2) is 23.8 Å². The number of furan rings is 1. The molecule has 5 nitrogen and oxygen atoms in total. The fraction of sp³-hybridized carbons (Fsp3) is 0.143. The lowest BCUT2D eigenvalue weighted by Gasteiger charge is -2.25. The highest BCUT2D eigenvalue weighted by atomic mass is 79.9. The number of nitrogens with two attached hydrogens (primary N) is 1. The van der Waals surface area contributed by atoms with Gasteiger partial charge in [0.2, 0.25) is 5.91 Å². The van der Waals surface area contributed by atoms with Crippen LogP contribution in [0.5, 0.6) is 0 Å². The van der Waals surface area contributed by atoms with Crippen LogP contribution in [0.15, 0.2) is 51.7 Å². The van der Waals surface area contributed by atoms with E-state index in [1.54, 1.807) is 18.2 Å². The van der Waals surface area contributed by atoms with Crippen molar-refractivity contribution in [2.24, 2.45) is 5.73 Å². The van der Waals surface area contributed by atoms with Crippen LogP contribution in [0.1, 0.15) is 22.0 Å². The van der Waals surface area contributed by atoms with E-state index in [2.05, 4.69) is 15.9 Å². The standard InChI is InChI=1S/C14H13BrN2O3/c1-17(14(19)10-5-6-20-8-10)12(13(16)18)9-3-2-4-11(15)7-9/h2-8,12H,1H3,(H2,16,18)/t12-/m1/s1. The lowest BCUT2D eigenvalue weighted by molar-refractivity contribution is -0.122. The Kier molecular flexibility index (Phi) is 4.24. The number of hydrogen-bond acceptors (Lipinski definition) is 3. The predicted octanol–water partition coefficient (Wildman–Crippen LogP) is 2.34. The molecule has 2 N–H and O–H groups in total. The summed E-state index contributed by atoms with van der Waals surface area (Å²) in [6.07, 6.45) is 2.73. The first-order valence-electron chi connectivity index (χ1n) is 5.85. The van der Waals surface area contributed by atoms with Gasteiger partial charge in [0.05, 0.1) is 11.8 Å². The first-order chi connectivity index (χ1) is 9.50. The summed E-state index contributed by atoms with van der Waals surface area (Å²) in [7, 11) is 1.53. The molecule has 0 aliphatic rings. The normalized spacial score (nSPS) is 11.9. The topological polar surface area (TPSA) is 76.5 Å². The second-order valence-electron chi connectivity index (χ2n) is 4.29. The molecule has 20 heavy (non-hydrogen) atoms. The maximum atomic E-state index is 12.3. The third kappa shape index (κ3) is 2.91. The van der Waals surface area contributed by atoms with Crippen LogP contribution >= 0.6 is 15.9 Å². The average molecular weight is 337 g/mol. The second kappa shape index (κ2) is 5.92. The SMILES string of the molecule is CN(C(=O)c1ccoc1)[C@@H](C(N)=O)c1cccc(Br)c1. The first kappa shape index (κ1) is 14.3. The van der Waals surface area contributed by atoms with Gasteiger partial charge in [0.1, 0.15) is 12.3 Å². The molecular weight excluding hydrogens is 324 g/mol. The zero-order chi connectivity index (χ0) is 14.7. The molecule has 0 bridgehead atoms. The summed E-state index contributed by atoms with van der Waals surface area (Å²) >= 11 is 3.33.